The molecule has 0 saturated heterocycles. The van der Waals surface area contributed by atoms with Crippen molar-refractivity contribution in [2.24, 2.45) is 0 Å². The fourth-order valence-corrected chi connectivity index (χ4v) is 2.11. The summed E-state index contributed by atoms with van der Waals surface area (Å²) < 4.78 is 7.71. The van der Waals surface area contributed by atoms with Crippen molar-refractivity contribution < 1.29 is 9.84 Å². The molecule has 1 aromatic carbocycles. The number of halogens is 1. The lowest BCUT2D eigenvalue weighted by molar-refractivity contribution is 0.264. The minimum absolute atomic E-state index is 0.114. The zero-order valence-corrected chi connectivity index (χ0v) is 10.9. The van der Waals surface area contributed by atoms with Crippen molar-refractivity contribution in [2.45, 2.75) is 13.2 Å². The van der Waals surface area contributed by atoms with Crippen LogP contribution < -0.4 is 4.74 Å². The maximum atomic E-state index is 9.07. The van der Waals surface area contributed by atoms with Gasteiger partial charge in [-0.05, 0) is 33.6 Å². The van der Waals surface area contributed by atoms with Crippen LogP contribution in [0, 0.1) is 0 Å². The summed E-state index contributed by atoms with van der Waals surface area (Å²) in [5, 5.41) is 13.1. The zero-order valence-electron chi connectivity index (χ0n) is 9.30. The van der Waals surface area contributed by atoms with Crippen molar-refractivity contribution in [3.8, 4) is 5.75 Å². The predicted octanol–water partition coefficient (Wildman–Crippen LogP) is 1.59. The van der Waals surface area contributed by atoms with E-state index in [1.54, 1.807) is 11.8 Å². The molecule has 0 unspecified atom stereocenters. The summed E-state index contributed by atoms with van der Waals surface area (Å²) in [6.45, 7) is 0.454. The quantitative estimate of drug-likeness (QED) is 0.931. The molecule has 0 aliphatic heterocycles. The summed E-state index contributed by atoms with van der Waals surface area (Å²) in [5.74, 6) is 1.34. The van der Waals surface area contributed by atoms with E-state index >= 15 is 0 Å². The highest BCUT2D eigenvalue weighted by molar-refractivity contribution is 9.10. The zero-order chi connectivity index (χ0) is 12.3. The van der Waals surface area contributed by atoms with Gasteiger partial charge in [-0.25, -0.2) is 9.67 Å². The molecule has 1 heterocycles. The largest absolute Gasteiger partial charge is 0.496 e. The van der Waals surface area contributed by atoms with E-state index in [1.807, 2.05) is 18.2 Å². The van der Waals surface area contributed by atoms with Crippen LogP contribution in [0.5, 0.6) is 5.75 Å². The Morgan fingerprint density at radius 3 is 2.94 bits per heavy atom. The molecule has 6 heteroatoms. The molecule has 0 bridgehead atoms. The minimum atomic E-state index is -0.114. The third kappa shape index (κ3) is 2.65. The summed E-state index contributed by atoms with van der Waals surface area (Å²) in [5.41, 5.74) is 1.05. The van der Waals surface area contributed by atoms with Crippen LogP contribution in [0.15, 0.2) is 29.0 Å². The van der Waals surface area contributed by atoms with E-state index in [0.717, 1.165) is 15.8 Å². The molecule has 0 radical (unpaired) electrons. The summed E-state index contributed by atoms with van der Waals surface area (Å²) >= 11 is 3.43. The summed E-state index contributed by atoms with van der Waals surface area (Å²) in [6, 6.07) is 5.79. The lowest BCUT2D eigenvalue weighted by atomic mass is 10.2. The summed E-state index contributed by atoms with van der Waals surface area (Å²) in [7, 11) is 1.63. The van der Waals surface area contributed by atoms with Crippen LogP contribution in [-0.2, 0) is 13.2 Å². The first kappa shape index (κ1) is 12.1. The van der Waals surface area contributed by atoms with Gasteiger partial charge in [-0.15, -0.1) is 0 Å². The monoisotopic (exact) mass is 297 g/mol. The summed E-state index contributed by atoms with van der Waals surface area (Å²) in [4.78, 5) is 3.95. The Morgan fingerprint density at radius 1 is 1.47 bits per heavy atom. The van der Waals surface area contributed by atoms with E-state index < -0.39 is 0 Å². The lowest BCUT2D eigenvalue weighted by Gasteiger charge is -2.07. The third-order valence-corrected chi connectivity index (χ3v) is 3.01. The lowest BCUT2D eigenvalue weighted by Crippen LogP contribution is -2.07. The maximum absolute atomic E-state index is 9.07. The second-order valence-corrected chi connectivity index (χ2v) is 4.32. The maximum Gasteiger partial charge on any atom is 0.152 e. The van der Waals surface area contributed by atoms with Crippen LogP contribution in [0.25, 0.3) is 0 Å². The molecule has 0 amide bonds. The van der Waals surface area contributed by atoms with Crippen LogP contribution >= 0.6 is 15.9 Å². The number of aliphatic hydroxyl groups excluding tert-OH is 1. The number of nitrogens with zero attached hydrogens (tertiary/aromatic N) is 3. The van der Waals surface area contributed by atoms with Crippen LogP contribution in [0.4, 0.5) is 0 Å². The van der Waals surface area contributed by atoms with Crippen molar-refractivity contribution in [3.05, 3.63) is 40.4 Å². The van der Waals surface area contributed by atoms with E-state index in [-0.39, 0.29) is 6.61 Å². The van der Waals surface area contributed by atoms with E-state index in [2.05, 4.69) is 26.0 Å². The Balaban J connectivity index is 2.22. The third-order valence-electron chi connectivity index (χ3n) is 2.39. The van der Waals surface area contributed by atoms with E-state index in [0.29, 0.717) is 12.4 Å². The Bertz CT molecular complexity index is 513. The van der Waals surface area contributed by atoms with E-state index in [4.69, 9.17) is 9.84 Å². The smallest absolute Gasteiger partial charge is 0.152 e. The summed E-state index contributed by atoms with van der Waals surface area (Å²) in [6.07, 6.45) is 1.43. The number of hydrogen-bond acceptors (Lipinski definition) is 4. The second kappa shape index (κ2) is 5.29. The van der Waals surface area contributed by atoms with Gasteiger partial charge in [0.25, 0.3) is 0 Å². The number of methoxy groups -OCH3 is 1. The van der Waals surface area contributed by atoms with Gasteiger partial charge in [0.1, 0.15) is 18.7 Å². The molecule has 5 nitrogen and oxygen atoms in total. The van der Waals surface area contributed by atoms with Crippen LogP contribution in [0.2, 0.25) is 0 Å². The van der Waals surface area contributed by atoms with Crippen molar-refractivity contribution in [1.29, 1.82) is 0 Å². The van der Waals surface area contributed by atoms with Gasteiger partial charge in [-0.2, -0.15) is 5.10 Å². The van der Waals surface area contributed by atoms with Crippen molar-refractivity contribution in [2.75, 3.05) is 7.11 Å². The topological polar surface area (TPSA) is 60.2 Å². The highest BCUT2D eigenvalue weighted by atomic mass is 79.9. The molecule has 17 heavy (non-hydrogen) atoms. The SMILES string of the molecule is COc1ccc(Cn2ncnc2CO)cc1Br. The average molecular weight is 298 g/mol. The molecule has 0 atom stereocenters. The van der Waals surface area contributed by atoms with Gasteiger partial charge in [0.15, 0.2) is 5.82 Å². The predicted molar refractivity (Wildman–Crippen MR) is 65.7 cm³/mol. The molecular weight excluding hydrogens is 286 g/mol. The number of aliphatic hydroxyl groups is 1. The number of aromatic nitrogens is 3. The number of rotatable bonds is 4. The molecule has 1 N–H and O–H groups in total. The molecule has 90 valence electrons. The molecular formula is C11H12BrN3O2. The van der Waals surface area contributed by atoms with Gasteiger partial charge < -0.3 is 9.84 Å². The molecule has 2 rings (SSSR count). The first-order chi connectivity index (χ1) is 8.24. The Morgan fingerprint density at radius 2 is 2.29 bits per heavy atom. The average Bonchev–Trinajstić information content (AvgIpc) is 2.76. The van der Waals surface area contributed by atoms with E-state index in [1.165, 1.54) is 6.33 Å². The van der Waals surface area contributed by atoms with Crippen LogP contribution in [0.1, 0.15) is 11.4 Å². The number of benzene rings is 1. The highest BCUT2D eigenvalue weighted by Gasteiger charge is 2.06. The molecule has 0 aliphatic carbocycles. The number of ether oxygens (including phenoxy) is 1. The van der Waals surface area contributed by atoms with Crippen LogP contribution in [0.3, 0.4) is 0 Å². The molecule has 1 aromatic heterocycles. The fourth-order valence-electron chi connectivity index (χ4n) is 1.52. The first-order valence-electron chi connectivity index (χ1n) is 5.04. The second-order valence-electron chi connectivity index (χ2n) is 3.46. The molecule has 0 spiro atoms. The standard InChI is InChI=1S/C11H12BrN3O2/c1-17-10-3-2-8(4-9(10)12)5-15-11(6-16)13-7-14-15/h2-4,7,16H,5-6H2,1H3. The van der Waals surface area contributed by atoms with E-state index in [9.17, 15) is 0 Å². The van der Waals surface area contributed by atoms with Crippen molar-refractivity contribution >= 4 is 15.9 Å². The molecule has 2 aromatic rings. The van der Waals surface area contributed by atoms with Gasteiger partial charge in [0.05, 0.1) is 18.1 Å². The van der Waals surface area contributed by atoms with Gasteiger partial charge in [0.2, 0.25) is 0 Å². The van der Waals surface area contributed by atoms with Gasteiger partial charge in [-0.3, -0.25) is 0 Å². The Hall–Kier alpha value is -1.40. The van der Waals surface area contributed by atoms with Crippen molar-refractivity contribution in [3.63, 3.8) is 0 Å². The molecule has 0 fully saturated rings. The first-order valence-corrected chi connectivity index (χ1v) is 5.84. The minimum Gasteiger partial charge on any atom is -0.496 e. The number of hydrogen-bond donors (Lipinski definition) is 1. The van der Waals surface area contributed by atoms with Crippen molar-refractivity contribution in [1.82, 2.24) is 14.8 Å². The Labute approximate surface area is 107 Å². The van der Waals surface area contributed by atoms with Gasteiger partial charge in [0, 0.05) is 0 Å². The van der Waals surface area contributed by atoms with Crippen LogP contribution in [-0.4, -0.2) is 27.0 Å². The fraction of sp³-hybridized carbons (Fsp3) is 0.273. The van der Waals surface area contributed by atoms with Gasteiger partial charge in [-0.1, -0.05) is 6.07 Å². The molecule has 0 aliphatic rings. The molecule has 0 saturated carbocycles. The van der Waals surface area contributed by atoms with Gasteiger partial charge >= 0.3 is 0 Å². The Kier molecular flexibility index (Phi) is 3.75. The highest BCUT2D eigenvalue weighted by Crippen LogP contribution is 2.25. The normalized spacial score (nSPS) is 10.5.